The molecule has 9 heteroatoms. The second kappa shape index (κ2) is 7.94. The van der Waals surface area contributed by atoms with Gasteiger partial charge in [0, 0.05) is 0 Å². The summed E-state index contributed by atoms with van der Waals surface area (Å²) < 4.78 is 40.0. The van der Waals surface area contributed by atoms with Crippen molar-refractivity contribution in [3.05, 3.63) is 0 Å². The number of halogens is 3. The summed E-state index contributed by atoms with van der Waals surface area (Å²) in [5, 5.41) is 4.30. The van der Waals surface area contributed by atoms with E-state index in [-0.39, 0.29) is 19.3 Å². The number of urea groups is 1. The molecular formula is C13H22F3N3O2S. The molecule has 1 aliphatic carbocycles. The van der Waals surface area contributed by atoms with Crippen LogP contribution in [0.15, 0.2) is 0 Å². The van der Waals surface area contributed by atoms with E-state index in [2.05, 4.69) is 5.32 Å². The lowest BCUT2D eigenvalue weighted by Gasteiger charge is -2.39. The zero-order valence-corrected chi connectivity index (χ0v) is 13.3. The van der Waals surface area contributed by atoms with Crippen LogP contribution in [-0.4, -0.2) is 41.7 Å². The Bertz CT molecular complexity index is 398. The first-order chi connectivity index (χ1) is 10.2. The zero-order chi connectivity index (χ0) is 16.8. The highest BCUT2D eigenvalue weighted by Crippen LogP contribution is 2.41. The van der Waals surface area contributed by atoms with Crippen molar-refractivity contribution in [1.82, 2.24) is 10.6 Å². The van der Waals surface area contributed by atoms with Gasteiger partial charge >= 0.3 is 12.2 Å². The fourth-order valence-corrected chi connectivity index (χ4v) is 3.04. The minimum absolute atomic E-state index is 0.143. The van der Waals surface area contributed by atoms with Crippen molar-refractivity contribution in [2.45, 2.75) is 56.3 Å². The lowest BCUT2D eigenvalue weighted by molar-refractivity contribution is -0.201. The van der Waals surface area contributed by atoms with Crippen LogP contribution in [0.1, 0.15) is 38.5 Å². The lowest BCUT2D eigenvalue weighted by atomic mass is 9.81. The molecule has 0 unspecified atom stereocenters. The molecule has 1 aliphatic rings. The Morgan fingerprint density at radius 1 is 1.27 bits per heavy atom. The van der Waals surface area contributed by atoms with E-state index in [4.69, 9.17) is 5.73 Å². The Balaban J connectivity index is 2.72. The normalized spacial score (nSPS) is 19.3. The molecule has 1 fully saturated rings. The molecule has 5 nitrogen and oxygen atoms in total. The summed E-state index contributed by atoms with van der Waals surface area (Å²) in [6, 6.07) is -1.97. The van der Waals surface area contributed by atoms with Crippen LogP contribution in [0.2, 0.25) is 0 Å². The summed E-state index contributed by atoms with van der Waals surface area (Å²) in [5.74, 6) is -0.188. The summed E-state index contributed by atoms with van der Waals surface area (Å²) in [5.41, 5.74) is 2.95. The molecule has 3 amide bonds. The second-order valence-electron chi connectivity index (χ2n) is 5.48. The molecule has 4 N–H and O–H groups in total. The van der Waals surface area contributed by atoms with Crippen molar-refractivity contribution in [2.75, 3.05) is 12.0 Å². The van der Waals surface area contributed by atoms with Gasteiger partial charge in [-0.1, -0.05) is 19.3 Å². The predicted molar refractivity (Wildman–Crippen MR) is 79.5 cm³/mol. The minimum Gasteiger partial charge on any atom is -0.368 e. The fraction of sp³-hybridized carbons (Fsp3) is 0.846. The summed E-state index contributed by atoms with van der Waals surface area (Å²) in [6.07, 6.45) is -1.17. The maximum absolute atomic E-state index is 13.3. The molecule has 0 aromatic heterocycles. The zero-order valence-electron chi connectivity index (χ0n) is 12.5. The van der Waals surface area contributed by atoms with Gasteiger partial charge in [-0.25, -0.2) is 4.79 Å². The van der Waals surface area contributed by atoms with E-state index in [1.165, 1.54) is 11.8 Å². The van der Waals surface area contributed by atoms with Crippen molar-refractivity contribution in [3.63, 3.8) is 0 Å². The standard InChI is InChI=1S/C13H22F3N3O2S/c1-22-8-5-9(10(17)20)18-11(21)19-12(13(14,15)16)6-3-2-4-7-12/h9H,2-8H2,1H3,(H2,17,20)(H2,18,19,21)/t9-/m0/s1. The number of primary amides is 1. The molecule has 1 rings (SSSR count). The Morgan fingerprint density at radius 2 is 1.86 bits per heavy atom. The summed E-state index contributed by atoms with van der Waals surface area (Å²) in [7, 11) is 0. The Labute approximate surface area is 131 Å². The van der Waals surface area contributed by atoms with Gasteiger partial charge < -0.3 is 16.4 Å². The van der Waals surface area contributed by atoms with E-state index in [1.54, 1.807) is 0 Å². The average Bonchev–Trinajstić information content (AvgIpc) is 2.43. The van der Waals surface area contributed by atoms with Gasteiger partial charge in [0.1, 0.15) is 11.6 Å². The molecule has 0 bridgehead atoms. The highest BCUT2D eigenvalue weighted by Gasteiger charge is 2.55. The topological polar surface area (TPSA) is 84.2 Å². The highest BCUT2D eigenvalue weighted by atomic mass is 32.2. The smallest absolute Gasteiger partial charge is 0.368 e. The van der Waals surface area contributed by atoms with Gasteiger partial charge in [0.25, 0.3) is 0 Å². The number of amides is 3. The van der Waals surface area contributed by atoms with Crippen LogP contribution < -0.4 is 16.4 Å². The molecule has 0 radical (unpaired) electrons. The van der Waals surface area contributed by atoms with E-state index < -0.39 is 29.7 Å². The molecule has 22 heavy (non-hydrogen) atoms. The van der Waals surface area contributed by atoms with E-state index in [1.807, 2.05) is 11.6 Å². The first-order valence-electron chi connectivity index (χ1n) is 7.15. The molecule has 128 valence electrons. The SMILES string of the molecule is CSCC[C@H](NC(=O)NC1(C(F)(F)F)CCCCC1)C(N)=O. The molecule has 0 saturated heterocycles. The van der Waals surface area contributed by atoms with Crippen LogP contribution >= 0.6 is 11.8 Å². The van der Waals surface area contributed by atoms with Gasteiger partial charge in [-0.15, -0.1) is 0 Å². The third kappa shape index (κ3) is 4.96. The van der Waals surface area contributed by atoms with Crippen molar-refractivity contribution in [1.29, 1.82) is 0 Å². The summed E-state index contributed by atoms with van der Waals surface area (Å²) >= 11 is 1.45. The van der Waals surface area contributed by atoms with E-state index in [9.17, 15) is 22.8 Å². The molecule has 1 saturated carbocycles. The lowest BCUT2D eigenvalue weighted by Crippen LogP contribution is -2.63. The van der Waals surface area contributed by atoms with Crippen molar-refractivity contribution in [2.24, 2.45) is 5.73 Å². The Kier molecular flexibility index (Phi) is 6.83. The van der Waals surface area contributed by atoms with Crippen LogP contribution in [0.3, 0.4) is 0 Å². The van der Waals surface area contributed by atoms with Crippen LogP contribution in [-0.2, 0) is 4.79 Å². The number of nitrogens with one attached hydrogen (secondary N) is 2. The molecule has 0 aromatic rings. The number of carbonyl (C=O) groups excluding carboxylic acids is 2. The van der Waals surface area contributed by atoms with E-state index in [0.29, 0.717) is 18.6 Å². The van der Waals surface area contributed by atoms with Crippen LogP contribution in [0.4, 0.5) is 18.0 Å². The average molecular weight is 341 g/mol. The van der Waals surface area contributed by atoms with Gasteiger partial charge in [0.05, 0.1) is 0 Å². The maximum Gasteiger partial charge on any atom is 0.411 e. The highest BCUT2D eigenvalue weighted by molar-refractivity contribution is 7.98. The van der Waals surface area contributed by atoms with Gasteiger partial charge in [-0.05, 0) is 31.3 Å². The number of carbonyl (C=O) groups is 2. The van der Waals surface area contributed by atoms with Crippen molar-refractivity contribution >= 4 is 23.7 Å². The van der Waals surface area contributed by atoms with Crippen LogP contribution in [0.25, 0.3) is 0 Å². The monoisotopic (exact) mass is 341 g/mol. The van der Waals surface area contributed by atoms with Gasteiger partial charge in [0.15, 0.2) is 0 Å². The largest absolute Gasteiger partial charge is 0.411 e. The summed E-state index contributed by atoms with van der Waals surface area (Å²) in [4.78, 5) is 23.2. The number of rotatable bonds is 6. The van der Waals surface area contributed by atoms with Crippen LogP contribution in [0, 0.1) is 0 Å². The Morgan fingerprint density at radius 3 is 2.32 bits per heavy atom. The first kappa shape index (κ1) is 18.9. The molecule has 0 heterocycles. The molecule has 0 aliphatic heterocycles. The minimum atomic E-state index is -4.52. The Hall–Kier alpha value is -1.12. The number of alkyl halides is 3. The van der Waals surface area contributed by atoms with Gasteiger partial charge in [0.2, 0.25) is 5.91 Å². The quantitative estimate of drug-likeness (QED) is 0.692. The third-order valence-electron chi connectivity index (χ3n) is 3.86. The van der Waals surface area contributed by atoms with Crippen molar-refractivity contribution < 1.29 is 22.8 Å². The molecule has 0 aromatic carbocycles. The van der Waals surface area contributed by atoms with E-state index >= 15 is 0 Å². The number of hydrogen-bond acceptors (Lipinski definition) is 3. The number of nitrogens with two attached hydrogens (primary N) is 1. The predicted octanol–water partition coefficient (Wildman–Crippen LogP) is 2.16. The fourth-order valence-electron chi connectivity index (χ4n) is 2.57. The number of thioether (sulfide) groups is 1. The van der Waals surface area contributed by atoms with Gasteiger partial charge in [-0.2, -0.15) is 24.9 Å². The van der Waals surface area contributed by atoms with Crippen LogP contribution in [0.5, 0.6) is 0 Å². The van der Waals surface area contributed by atoms with Gasteiger partial charge in [-0.3, -0.25) is 4.79 Å². The second-order valence-corrected chi connectivity index (χ2v) is 6.46. The molecule has 1 atom stereocenters. The summed E-state index contributed by atoms with van der Waals surface area (Å²) in [6.45, 7) is 0. The number of hydrogen-bond donors (Lipinski definition) is 3. The van der Waals surface area contributed by atoms with Crippen molar-refractivity contribution in [3.8, 4) is 0 Å². The molecule has 0 spiro atoms. The maximum atomic E-state index is 13.3. The third-order valence-corrected chi connectivity index (χ3v) is 4.51. The van der Waals surface area contributed by atoms with E-state index in [0.717, 1.165) is 6.42 Å². The first-order valence-corrected chi connectivity index (χ1v) is 8.55. The molecular weight excluding hydrogens is 319 g/mol.